The number of pyridine rings is 1. The number of hydrogen-bond acceptors (Lipinski definition) is 7. The summed E-state index contributed by atoms with van der Waals surface area (Å²) >= 11 is 0. The molecule has 0 aliphatic carbocycles. The van der Waals surface area contributed by atoms with E-state index in [1.807, 2.05) is 12.1 Å². The first-order chi connectivity index (χ1) is 14.6. The van der Waals surface area contributed by atoms with Crippen molar-refractivity contribution in [3.63, 3.8) is 0 Å². The van der Waals surface area contributed by atoms with E-state index in [1.165, 1.54) is 27.7 Å². The maximum atomic E-state index is 13.1. The van der Waals surface area contributed by atoms with Crippen molar-refractivity contribution >= 4 is 27.5 Å². The third-order valence-corrected chi connectivity index (χ3v) is 7.00. The molecule has 2 aromatic heterocycles. The van der Waals surface area contributed by atoms with Gasteiger partial charge in [0, 0.05) is 24.0 Å². The average molecular weight is 420 g/mol. The number of sulfonamides is 1. The first kappa shape index (κ1) is 18.7. The van der Waals surface area contributed by atoms with E-state index in [0.29, 0.717) is 23.0 Å². The monoisotopic (exact) mass is 420 g/mol. The molecule has 9 heteroatoms. The van der Waals surface area contributed by atoms with E-state index in [-0.39, 0.29) is 11.4 Å². The van der Waals surface area contributed by atoms with E-state index < -0.39 is 10.0 Å². The molecular formula is C21H20N6O2S. The molecule has 3 aromatic rings. The molecular weight excluding hydrogens is 400 g/mol. The minimum atomic E-state index is -3.82. The molecule has 0 spiro atoms. The van der Waals surface area contributed by atoms with Crippen molar-refractivity contribution in [1.29, 1.82) is 0 Å². The Bertz CT molecular complexity index is 1260. The van der Waals surface area contributed by atoms with Crippen LogP contribution in [0.25, 0.3) is 11.3 Å². The normalized spacial score (nSPS) is 16.2. The highest BCUT2D eigenvalue weighted by molar-refractivity contribution is 7.93. The van der Waals surface area contributed by atoms with Gasteiger partial charge in [0.05, 0.1) is 12.7 Å². The third kappa shape index (κ3) is 3.03. The summed E-state index contributed by atoms with van der Waals surface area (Å²) in [5.41, 5.74) is 4.41. The maximum absolute atomic E-state index is 13.1. The fourth-order valence-electron chi connectivity index (χ4n) is 3.82. The van der Waals surface area contributed by atoms with Gasteiger partial charge in [-0.05, 0) is 48.4 Å². The summed E-state index contributed by atoms with van der Waals surface area (Å²) in [6.45, 7) is 5.59. The average Bonchev–Trinajstić information content (AvgIpc) is 2.76. The summed E-state index contributed by atoms with van der Waals surface area (Å²) in [5, 5.41) is 6.57. The van der Waals surface area contributed by atoms with Gasteiger partial charge in [-0.3, -0.25) is 0 Å². The predicted octanol–water partition coefficient (Wildman–Crippen LogP) is 2.62. The van der Waals surface area contributed by atoms with Crippen molar-refractivity contribution < 1.29 is 8.42 Å². The highest BCUT2D eigenvalue weighted by Crippen LogP contribution is 2.40. The molecule has 8 nitrogen and oxygen atoms in total. The van der Waals surface area contributed by atoms with Gasteiger partial charge in [-0.25, -0.2) is 27.7 Å². The molecule has 152 valence electrons. The zero-order valence-electron chi connectivity index (χ0n) is 16.2. The number of nitrogens with one attached hydrogen (secondary N) is 2. The Hall–Kier alpha value is -3.30. The Labute approximate surface area is 174 Å². The van der Waals surface area contributed by atoms with Crippen LogP contribution in [-0.2, 0) is 23.0 Å². The molecule has 2 N–H and O–H groups in total. The summed E-state index contributed by atoms with van der Waals surface area (Å²) in [5.74, 6) is 0.675. The van der Waals surface area contributed by atoms with Crippen LogP contribution in [0.1, 0.15) is 11.1 Å². The molecule has 0 saturated carbocycles. The lowest BCUT2D eigenvalue weighted by Gasteiger charge is -2.29. The van der Waals surface area contributed by atoms with Gasteiger partial charge in [-0.15, -0.1) is 6.58 Å². The van der Waals surface area contributed by atoms with E-state index in [1.54, 1.807) is 12.3 Å². The van der Waals surface area contributed by atoms with Crippen LogP contribution < -0.4 is 14.9 Å². The van der Waals surface area contributed by atoms with Crippen LogP contribution in [-0.4, -0.2) is 36.5 Å². The van der Waals surface area contributed by atoms with E-state index >= 15 is 0 Å². The lowest BCUT2D eigenvalue weighted by molar-refractivity contribution is 0.590. The highest BCUT2D eigenvalue weighted by Gasteiger charge is 2.36. The summed E-state index contributed by atoms with van der Waals surface area (Å²) in [4.78, 5) is 13.2. The van der Waals surface area contributed by atoms with Gasteiger partial charge in [0.2, 0.25) is 5.95 Å². The van der Waals surface area contributed by atoms with E-state index in [0.717, 1.165) is 25.2 Å². The second kappa shape index (κ2) is 7.19. The molecule has 2 aliphatic rings. The van der Waals surface area contributed by atoms with Crippen molar-refractivity contribution in [2.24, 2.45) is 0 Å². The maximum Gasteiger partial charge on any atom is 0.269 e. The fourth-order valence-corrected chi connectivity index (χ4v) is 5.31. The number of fused-ring (bicyclic) bond motifs is 4. The third-order valence-electron chi connectivity index (χ3n) is 5.25. The van der Waals surface area contributed by atoms with Crippen molar-refractivity contribution in [1.82, 2.24) is 20.3 Å². The van der Waals surface area contributed by atoms with Crippen molar-refractivity contribution in [2.45, 2.75) is 17.9 Å². The van der Waals surface area contributed by atoms with Crippen LogP contribution in [0.3, 0.4) is 0 Å². The van der Waals surface area contributed by atoms with Gasteiger partial charge in [0.15, 0.2) is 5.82 Å². The van der Waals surface area contributed by atoms with Crippen LogP contribution in [0.2, 0.25) is 0 Å². The van der Waals surface area contributed by atoms with Crippen LogP contribution in [0.4, 0.5) is 17.5 Å². The van der Waals surface area contributed by atoms with Crippen LogP contribution >= 0.6 is 0 Å². The number of anilines is 3. The molecule has 2 aliphatic heterocycles. The number of nitrogens with zero attached hydrogens (tertiary/aromatic N) is 4. The minimum Gasteiger partial charge on any atom is -0.324 e. The van der Waals surface area contributed by atoms with Crippen molar-refractivity contribution in [3.8, 4) is 11.3 Å². The van der Waals surface area contributed by atoms with Gasteiger partial charge in [0.25, 0.3) is 10.0 Å². The van der Waals surface area contributed by atoms with Gasteiger partial charge in [0.1, 0.15) is 10.6 Å². The number of aromatic nitrogens is 3. The Morgan fingerprint density at radius 1 is 1.23 bits per heavy atom. The molecule has 0 atom stereocenters. The highest BCUT2D eigenvalue weighted by atomic mass is 32.2. The van der Waals surface area contributed by atoms with Crippen LogP contribution in [0, 0.1) is 0 Å². The standard InChI is InChI=1S/C21H20N6O2S/c1-2-10-27-20-17(4-3-8-23-20)19-18(30(27,28)29)13-24-21(26-19)25-16-6-5-14-7-9-22-12-15(14)11-16/h2-6,8,11,13,22H,1,7,9-10,12H2,(H,24,25,26). The van der Waals surface area contributed by atoms with Crippen LogP contribution in [0.15, 0.2) is 60.3 Å². The molecule has 0 unspecified atom stereocenters. The molecule has 0 saturated heterocycles. The minimum absolute atomic E-state index is 0.0602. The number of rotatable bonds is 4. The topological polar surface area (TPSA) is 100 Å². The Morgan fingerprint density at radius 3 is 3.00 bits per heavy atom. The van der Waals surface area contributed by atoms with E-state index in [2.05, 4.69) is 44.3 Å². The molecule has 0 bridgehead atoms. The molecule has 0 fully saturated rings. The summed E-state index contributed by atoms with van der Waals surface area (Å²) < 4.78 is 27.5. The largest absolute Gasteiger partial charge is 0.324 e. The number of hydrogen-bond donors (Lipinski definition) is 2. The second-order valence-corrected chi connectivity index (χ2v) is 8.97. The second-order valence-electron chi connectivity index (χ2n) is 7.14. The van der Waals surface area contributed by atoms with E-state index in [9.17, 15) is 8.42 Å². The van der Waals surface area contributed by atoms with E-state index in [4.69, 9.17) is 0 Å². The smallest absolute Gasteiger partial charge is 0.269 e. The van der Waals surface area contributed by atoms with Gasteiger partial charge in [-0.2, -0.15) is 0 Å². The van der Waals surface area contributed by atoms with Gasteiger partial charge < -0.3 is 10.6 Å². The quantitative estimate of drug-likeness (QED) is 0.626. The van der Waals surface area contributed by atoms with Gasteiger partial charge >= 0.3 is 0 Å². The Balaban J connectivity index is 1.56. The molecule has 0 amide bonds. The Kier molecular flexibility index (Phi) is 4.48. The summed E-state index contributed by atoms with van der Waals surface area (Å²) in [7, 11) is -3.82. The lowest BCUT2D eigenvalue weighted by Crippen LogP contribution is -2.35. The van der Waals surface area contributed by atoms with Crippen molar-refractivity contribution in [3.05, 3.63) is 66.5 Å². The summed E-state index contributed by atoms with van der Waals surface area (Å²) in [6.07, 6.45) is 5.46. The molecule has 4 heterocycles. The van der Waals surface area contributed by atoms with Crippen molar-refractivity contribution in [2.75, 3.05) is 22.7 Å². The predicted molar refractivity (Wildman–Crippen MR) is 115 cm³/mol. The van der Waals surface area contributed by atoms with Gasteiger partial charge in [-0.1, -0.05) is 12.1 Å². The first-order valence-corrected chi connectivity index (χ1v) is 11.1. The number of benzene rings is 1. The fraction of sp³-hybridized carbons (Fsp3) is 0.190. The molecule has 30 heavy (non-hydrogen) atoms. The zero-order valence-corrected chi connectivity index (χ0v) is 17.0. The zero-order chi connectivity index (χ0) is 20.7. The Morgan fingerprint density at radius 2 is 2.13 bits per heavy atom. The molecule has 5 rings (SSSR count). The van der Waals surface area contributed by atoms with Crippen LogP contribution in [0.5, 0.6) is 0 Å². The first-order valence-electron chi connectivity index (χ1n) is 9.63. The molecule has 0 radical (unpaired) electrons. The summed E-state index contributed by atoms with van der Waals surface area (Å²) in [6, 6.07) is 9.74. The lowest BCUT2D eigenvalue weighted by atomic mass is 10.0. The molecule has 1 aromatic carbocycles. The SMILES string of the molecule is C=CCN1c2ncccc2-c2nc(Nc3ccc4c(c3)CNCC4)ncc2S1(=O)=O.